The summed E-state index contributed by atoms with van der Waals surface area (Å²) in [6, 6.07) is 0. The summed E-state index contributed by atoms with van der Waals surface area (Å²) in [5.74, 6) is 0.682. The van der Waals surface area contributed by atoms with Gasteiger partial charge in [0.05, 0.1) is 31.7 Å². The Morgan fingerprint density at radius 3 is 3.24 bits per heavy atom. The van der Waals surface area contributed by atoms with Crippen LogP contribution in [0.1, 0.15) is 11.9 Å². The molecular formula is C9H16N5O2P. The molecule has 1 aromatic heterocycles. The number of aliphatic hydroxyl groups is 1. The summed E-state index contributed by atoms with van der Waals surface area (Å²) in [5, 5.41) is 9.16. The molecule has 17 heavy (non-hydrogen) atoms. The van der Waals surface area contributed by atoms with Crippen molar-refractivity contribution in [1.29, 1.82) is 0 Å². The molecule has 1 aliphatic heterocycles. The van der Waals surface area contributed by atoms with E-state index in [1.54, 1.807) is 17.6 Å². The summed E-state index contributed by atoms with van der Waals surface area (Å²) in [6.45, 7) is 0.417. The first-order chi connectivity index (χ1) is 8.26. The molecule has 94 valence electrons. The average Bonchev–Trinajstić information content (AvgIpc) is 2.80. The van der Waals surface area contributed by atoms with E-state index < -0.39 is 0 Å². The van der Waals surface area contributed by atoms with Crippen molar-refractivity contribution in [2.45, 2.75) is 12.3 Å². The molecule has 1 aliphatic rings. The molecule has 0 saturated heterocycles. The lowest BCUT2D eigenvalue weighted by molar-refractivity contribution is 0.0210. The van der Waals surface area contributed by atoms with Gasteiger partial charge in [-0.2, -0.15) is 0 Å². The van der Waals surface area contributed by atoms with E-state index in [2.05, 4.69) is 24.2 Å². The van der Waals surface area contributed by atoms with Crippen LogP contribution in [-0.4, -0.2) is 51.9 Å². The summed E-state index contributed by atoms with van der Waals surface area (Å²) >= 11 is 0. The first-order valence-electron chi connectivity index (χ1n) is 5.27. The largest absolute Gasteiger partial charge is 0.394 e. The van der Waals surface area contributed by atoms with Crippen LogP contribution in [0.3, 0.4) is 0 Å². The monoisotopic (exact) mass is 257 g/mol. The Labute approximate surface area is 101 Å². The first-order valence-corrected chi connectivity index (χ1v) is 6.09. The Kier molecular flexibility index (Phi) is 4.06. The van der Waals surface area contributed by atoms with Gasteiger partial charge in [0.1, 0.15) is 11.9 Å². The Balaban J connectivity index is 2.04. The smallest absolute Gasteiger partial charge is 0.158 e. The van der Waals surface area contributed by atoms with Crippen molar-refractivity contribution in [1.82, 2.24) is 14.9 Å². The van der Waals surface area contributed by atoms with Gasteiger partial charge in [-0.25, -0.2) is 9.98 Å². The van der Waals surface area contributed by atoms with Crippen molar-refractivity contribution >= 4 is 21.4 Å². The van der Waals surface area contributed by atoms with Gasteiger partial charge in [-0.3, -0.25) is 0 Å². The van der Waals surface area contributed by atoms with Gasteiger partial charge < -0.3 is 25.5 Å². The number of aliphatic hydroxyl groups excluding tert-OH is 1. The van der Waals surface area contributed by atoms with E-state index in [0.29, 0.717) is 24.4 Å². The number of fused-ring (bicyclic) bond motifs is 1. The lowest BCUT2D eigenvalue weighted by Crippen LogP contribution is -2.42. The molecule has 0 saturated carbocycles. The van der Waals surface area contributed by atoms with Crippen molar-refractivity contribution in [2.75, 3.05) is 19.5 Å². The van der Waals surface area contributed by atoms with Crippen LogP contribution in [0.4, 0.5) is 5.82 Å². The van der Waals surface area contributed by atoms with Crippen LogP contribution in [0.5, 0.6) is 0 Å². The fourth-order valence-electron chi connectivity index (χ4n) is 1.67. The predicted molar refractivity (Wildman–Crippen MR) is 66.9 cm³/mol. The maximum Gasteiger partial charge on any atom is 0.158 e. The Hall–Kier alpha value is -1.01. The van der Waals surface area contributed by atoms with Crippen LogP contribution in [0.15, 0.2) is 11.3 Å². The Morgan fingerprint density at radius 1 is 1.71 bits per heavy atom. The number of imidazole rings is 1. The number of H-pyrrole nitrogens is 1. The zero-order chi connectivity index (χ0) is 12.3. The molecule has 8 heteroatoms. The van der Waals surface area contributed by atoms with Crippen LogP contribution in [0, 0.1) is 0 Å². The molecule has 0 amide bonds. The van der Waals surface area contributed by atoms with Crippen LogP contribution in [0.25, 0.3) is 0 Å². The third kappa shape index (κ3) is 2.63. The number of hydrogen-bond acceptors (Lipinski definition) is 6. The second-order valence-corrected chi connectivity index (χ2v) is 3.99. The van der Waals surface area contributed by atoms with Gasteiger partial charge in [0.25, 0.3) is 0 Å². The van der Waals surface area contributed by atoms with Crippen LogP contribution in [0.2, 0.25) is 0 Å². The minimum Gasteiger partial charge on any atom is -0.394 e. The van der Waals surface area contributed by atoms with Gasteiger partial charge in [-0.15, -0.1) is 9.24 Å². The quantitative estimate of drug-likeness (QED) is 0.620. The molecule has 0 aromatic carbocycles. The number of rotatable bonds is 5. The van der Waals surface area contributed by atoms with Crippen molar-refractivity contribution in [3.8, 4) is 0 Å². The highest BCUT2D eigenvalue weighted by Gasteiger charge is 2.25. The van der Waals surface area contributed by atoms with Crippen molar-refractivity contribution < 1.29 is 9.84 Å². The van der Waals surface area contributed by atoms with E-state index in [-0.39, 0.29) is 18.9 Å². The lowest BCUT2D eigenvalue weighted by Gasteiger charge is -2.31. The summed E-state index contributed by atoms with van der Waals surface area (Å²) in [4.78, 5) is 13.0. The molecule has 3 unspecified atom stereocenters. The molecule has 0 aliphatic carbocycles. The molecule has 0 radical (unpaired) electrons. The molecule has 2 rings (SSSR count). The number of nitrogens with two attached hydrogens (primary N) is 1. The number of ether oxygens (including phenoxy) is 1. The molecule has 4 N–H and O–H groups in total. The molecule has 1 aromatic rings. The summed E-state index contributed by atoms with van der Waals surface area (Å²) in [7, 11) is 2.45. The summed E-state index contributed by atoms with van der Waals surface area (Å²) in [5.41, 5.74) is 6.75. The molecular weight excluding hydrogens is 241 g/mol. The number of nitrogens with one attached hydrogen (secondary N) is 1. The SMILES string of the molecule is NC1c2nc[nH]c2N=CN1CC(CO)OCP. The molecule has 0 spiro atoms. The summed E-state index contributed by atoms with van der Waals surface area (Å²) in [6.07, 6.45) is 3.02. The predicted octanol–water partition coefficient (Wildman–Crippen LogP) is -0.448. The van der Waals surface area contributed by atoms with Crippen LogP contribution < -0.4 is 5.73 Å². The van der Waals surface area contributed by atoms with E-state index in [0.717, 1.165) is 0 Å². The third-order valence-corrected chi connectivity index (χ3v) is 2.76. The molecule has 0 bridgehead atoms. The zero-order valence-corrected chi connectivity index (χ0v) is 10.4. The van der Waals surface area contributed by atoms with Gasteiger partial charge in [0, 0.05) is 6.54 Å². The molecule has 2 heterocycles. The fourth-order valence-corrected chi connectivity index (χ4v) is 1.95. The van der Waals surface area contributed by atoms with Crippen molar-refractivity contribution in [3.63, 3.8) is 0 Å². The second-order valence-electron chi connectivity index (χ2n) is 3.66. The van der Waals surface area contributed by atoms with Gasteiger partial charge >= 0.3 is 0 Å². The highest BCUT2D eigenvalue weighted by molar-refractivity contribution is 7.16. The van der Waals surface area contributed by atoms with E-state index in [1.807, 2.05) is 0 Å². The normalized spacial score (nSPS) is 20.4. The Morgan fingerprint density at radius 2 is 2.53 bits per heavy atom. The van der Waals surface area contributed by atoms with Gasteiger partial charge in [0.15, 0.2) is 5.82 Å². The van der Waals surface area contributed by atoms with Crippen LogP contribution in [-0.2, 0) is 4.74 Å². The zero-order valence-electron chi connectivity index (χ0n) is 9.28. The second kappa shape index (κ2) is 5.55. The number of aromatic nitrogens is 2. The van der Waals surface area contributed by atoms with E-state index >= 15 is 0 Å². The van der Waals surface area contributed by atoms with E-state index in [9.17, 15) is 0 Å². The number of hydrogen-bond donors (Lipinski definition) is 3. The topological polar surface area (TPSA) is 99.8 Å². The number of aliphatic imine (C=N–C) groups is 1. The van der Waals surface area contributed by atoms with Crippen molar-refractivity contribution in [2.24, 2.45) is 10.7 Å². The fraction of sp³-hybridized carbons (Fsp3) is 0.556. The lowest BCUT2D eigenvalue weighted by atomic mass is 10.2. The first kappa shape index (κ1) is 12.4. The molecule has 0 fully saturated rings. The summed E-state index contributed by atoms with van der Waals surface area (Å²) < 4.78 is 5.34. The highest BCUT2D eigenvalue weighted by atomic mass is 31.0. The van der Waals surface area contributed by atoms with Crippen LogP contribution >= 0.6 is 9.24 Å². The van der Waals surface area contributed by atoms with E-state index in [1.165, 1.54) is 0 Å². The minimum atomic E-state index is -0.365. The third-order valence-electron chi connectivity index (χ3n) is 2.57. The highest BCUT2D eigenvalue weighted by Crippen LogP contribution is 2.26. The number of aromatic amines is 1. The minimum absolute atomic E-state index is 0.0567. The van der Waals surface area contributed by atoms with E-state index in [4.69, 9.17) is 15.6 Å². The average molecular weight is 257 g/mol. The standard InChI is InChI=1S/C9H16N5O2P/c10-8-7-9(12-3-11-7)13-4-14(8)1-6(2-15)16-5-17/h3-4,6,8,15H,1-2,5,10,17H2,(H,11,12). The van der Waals surface area contributed by atoms with Gasteiger partial charge in [0.2, 0.25) is 0 Å². The van der Waals surface area contributed by atoms with Gasteiger partial charge in [-0.05, 0) is 0 Å². The maximum absolute atomic E-state index is 9.16. The molecule has 3 atom stereocenters. The Bertz CT molecular complexity index is 396. The maximum atomic E-state index is 9.16. The molecule has 7 nitrogen and oxygen atoms in total. The van der Waals surface area contributed by atoms with Gasteiger partial charge in [-0.1, -0.05) is 0 Å². The van der Waals surface area contributed by atoms with Crippen molar-refractivity contribution in [3.05, 3.63) is 12.0 Å². The number of nitrogens with zero attached hydrogens (tertiary/aromatic N) is 3.